The molecule has 3 heterocycles. The van der Waals surface area contributed by atoms with Crippen LogP contribution < -0.4 is 0 Å². The van der Waals surface area contributed by atoms with Gasteiger partial charge >= 0.3 is 0 Å². The van der Waals surface area contributed by atoms with Crippen LogP contribution in [0.15, 0.2) is 184 Å². The fourth-order valence-corrected chi connectivity index (χ4v) is 9.52. The third kappa shape index (κ3) is 4.23. The second-order valence-corrected chi connectivity index (χ2v) is 13.7. The molecular formula is C42H27NS2. The van der Waals surface area contributed by atoms with Crippen molar-refractivity contribution < 1.29 is 0 Å². The molecule has 45 heavy (non-hydrogen) atoms. The van der Waals surface area contributed by atoms with Gasteiger partial charge in [-0.2, -0.15) is 0 Å². The van der Waals surface area contributed by atoms with Crippen LogP contribution in [0.25, 0.3) is 33.5 Å². The lowest BCUT2D eigenvalue weighted by Crippen LogP contribution is -2.36. The summed E-state index contributed by atoms with van der Waals surface area (Å²) in [5, 5.41) is 0. The van der Waals surface area contributed by atoms with Gasteiger partial charge in [0.05, 0.1) is 11.1 Å². The minimum absolute atomic E-state index is 0.429. The van der Waals surface area contributed by atoms with E-state index in [9.17, 15) is 0 Å². The average Bonchev–Trinajstić information content (AvgIpc) is 3.12. The van der Waals surface area contributed by atoms with Gasteiger partial charge in [0.15, 0.2) is 0 Å². The second-order valence-electron chi connectivity index (χ2n) is 11.5. The second kappa shape index (κ2) is 10.7. The zero-order valence-electron chi connectivity index (χ0n) is 24.4. The van der Waals surface area contributed by atoms with E-state index in [4.69, 9.17) is 0 Å². The molecule has 0 radical (unpaired) electrons. The third-order valence-corrected chi connectivity index (χ3v) is 11.3. The van der Waals surface area contributed by atoms with Crippen LogP contribution >= 0.6 is 23.5 Å². The fourth-order valence-electron chi connectivity index (χ4n) is 7.05. The van der Waals surface area contributed by atoms with Crippen LogP contribution in [0.4, 0.5) is 0 Å². The summed E-state index contributed by atoms with van der Waals surface area (Å²) in [6.07, 6.45) is 1.87. The number of hydrogen-bond acceptors (Lipinski definition) is 3. The summed E-state index contributed by atoms with van der Waals surface area (Å²) in [6.45, 7) is 0. The lowest BCUT2D eigenvalue weighted by Gasteiger charge is -2.45. The summed E-state index contributed by atoms with van der Waals surface area (Å²) in [5.74, 6) is 0. The Kier molecular flexibility index (Phi) is 6.29. The van der Waals surface area contributed by atoms with Crippen LogP contribution in [0.3, 0.4) is 0 Å². The van der Waals surface area contributed by atoms with E-state index in [-0.39, 0.29) is 0 Å². The van der Waals surface area contributed by atoms with Gasteiger partial charge < -0.3 is 0 Å². The zero-order chi connectivity index (χ0) is 29.8. The lowest BCUT2D eigenvalue weighted by molar-refractivity contribution is 0.667. The van der Waals surface area contributed by atoms with Crippen molar-refractivity contribution in [1.29, 1.82) is 0 Å². The molecule has 2 aliphatic rings. The van der Waals surface area contributed by atoms with Crippen molar-refractivity contribution in [2.45, 2.75) is 25.0 Å². The van der Waals surface area contributed by atoms with Crippen LogP contribution in [0.1, 0.15) is 22.3 Å². The molecule has 0 bridgehead atoms. The highest BCUT2D eigenvalue weighted by Crippen LogP contribution is 2.62. The van der Waals surface area contributed by atoms with Gasteiger partial charge in [-0.1, -0.05) is 139 Å². The van der Waals surface area contributed by atoms with Gasteiger partial charge in [-0.15, -0.1) is 0 Å². The van der Waals surface area contributed by atoms with Gasteiger partial charge in [0.1, 0.15) is 0 Å². The number of benzene rings is 6. The first-order chi connectivity index (χ1) is 22.3. The normalized spacial score (nSPS) is 15.9. The molecule has 1 spiro atoms. The highest BCUT2D eigenvalue weighted by molar-refractivity contribution is 8.00. The number of rotatable bonds is 3. The van der Waals surface area contributed by atoms with Gasteiger partial charge in [-0.3, -0.25) is 4.98 Å². The zero-order valence-corrected chi connectivity index (χ0v) is 26.0. The van der Waals surface area contributed by atoms with Crippen molar-refractivity contribution in [3.05, 3.63) is 186 Å². The molecule has 0 saturated carbocycles. The molecule has 212 valence electrons. The topological polar surface area (TPSA) is 12.9 Å². The minimum Gasteiger partial charge on any atom is -0.256 e. The quantitative estimate of drug-likeness (QED) is 0.198. The Bertz CT molecular complexity index is 2210. The van der Waals surface area contributed by atoms with Crippen molar-refractivity contribution in [3.63, 3.8) is 0 Å². The molecule has 1 atom stereocenters. The Morgan fingerprint density at radius 1 is 0.356 bits per heavy atom. The van der Waals surface area contributed by atoms with Crippen molar-refractivity contribution in [3.8, 4) is 33.5 Å². The fraction of sp³-hybridized carbons (Fsp3) is 0.0238. The maximum atomic E-state index is 4.67. The van der Waals surface area contributed by atoms with Crippen LogP contribution in [-0.2, 0) is 5.41 Å². The number of hydrogen-bond donors (Lipinski definition) is 0. The summed E-state index contributed by atoms with van der Waals surface area (Å²) in [6, 6.07) is 57.7. The van der Waals surface area contributed by atoms with Gasteiger partial charge in [0, 0.05) is 31.3 Å². The molecule has 0 N–H and O–H groups in total. The molecule has 1 nitrogen and oxygen atoms in total. The Balaban J connectivity index is 1.28. The van der Waals surface area contributed by atoms with Crippen molar-refractivity contribution in [2.24, 2.45) is 0 Å². The Morgan fingerprint density at radius 2 is 0.867 bits per heavy atom. The maximum Gasteiger partial charge on any atom is 0.0745 e. The molecular weight excluding hydrogens is 583 g/mol. The van der Waals surface area contributed by atoms with Crippen LogP contribution in [0, 0.1) is 0 Å². The monoisotopic (exact) mass is 609 g/mol. The Hall–Kier alpha value is -4.83. The number of nitrogens with zero attached hydrogens (tertiary/aromatic N) is 1. The molecule has 1 unspecified atom stereocenters. The Morgan fingerprint density at radius 3 is 1.53 bits per heavy atom. The van der Waals surface area contributed by atoms with Gasteiger partial charge in [0.2, 0.25) is 0 Å². The first-order valence-electron chi connectivity index (χ1n) is 15.2. The van der Waals surface area contributed by atoms with E-state index in [0.717, 1.165) is 11.3 Å². The maximum absolute atomic E-state index is 4.67. The molecule has 7 aromatic rings. The first kappa shape index (κ1) is 26.6. The van der Waals surface area contributed by atoms with Gasteiger partial charge in [0.25, 0.3) is 0 Å². The van der Waals surface area contributed by atoms with E-state index in [0.29, 0.717) is 0 Å². The predicted octanol–water partition coefficient (Wildman–Crippen LogP) is 11.4. The molecule has 0 amide bonds. The van der Waals surface area contributed by atoms with Gasteiger partial charge in [-0.05, 0) is 87.0 Å². The summed E-state index contributed by atoms with van der Waals surface area (Å²) in [4.78, 5) is 9.86. The van der Waals surface area contributed by atoms with E-state index < -0.39 is 5.41 Å². The third-order valence-electron chi connectivity index (χ3n) is 9.06. The molecule has 3 heteroatoms. The van der Waals surface area contributed by atoms with E-state index in [1.54, 1.807) is 0 Å². The van der Waals surface area contributed by atoms with E-state index in [1.807, 2.05) is 35.8 Å². The number of pyridine rings is 1. The largest absolute Gasteiger partial charge is 0.256 e. The molecule has 1 aromatic heterocycles. The molecule has 0 aliphatic carbocycles. The standard InChI is InChI=1S/C42H27NS2/c1-2-11-28(12-3-1)29-13-10-14-30(25-29)31-20-22-35-40(26-31)44-38-18-6-4-15-33(38)42(35)34-16-5-7-19-39(34)45-41-27-32(21-23-36(41)42)37-17-8-9-24-43-37/h1-27H. The summed E-state index contributed by atoms with van der Waals surface area (Å²) in [5.41, 5.74) is 12.0. The minimum atomic E-state index is -0.429. The molecule has 2 aliphatic heterocycles. The van der Waals surface area contributed by atoms with E-state index in [1.165, 1.54) is 64.1 Å². The molecule has 6 aromatic carbocycles. The number of aromatic nitrogens is 1. The smallest absolute Gasteiger partial charge is 0.0745 e. The molecule has 9 rings (SSSR count). The molecule has 0 fully saturated rings. The average molecular weight is 610 g/mol. The Labute approximate surface area is 272 Å². The van der Waals surface area contributed by atoms with Gasteiger partial charge in [-0.25, -0.2) is 0 Å². The number of fused-ring (bicyclic) bond motifs is 8. The summed E-state index contributed by atoms with van der Waals surface area (Å²) >= 11 is 3.77. The first-order valence-corrected chi connectivity index (χ1v) is 16.8. The van der Waals surface area contributed by atoms with Crippen LogP contribution in [0.5, 0.6) is 0 Å². The SMILES string of the molecule is c1ccc(-c2cccc(-c3ccc4c(c3)Sc3ccccc3C43c4ccccc4Sc4cc(-c5ccccn5)ccc43)c2)cc1. The molecule has 0 saturated heterocycles. The lowest BCUT2D eigenvalue weighted by atomic mass is 9.64. The highest BCUT2D eigenvalue weighted by Gasteiger charge is 2.48. The van der Waals surface area contributed by atoms with Crippen LogP contribution in [0.2, 0.25) is 0 Å². The highest BCUT2D eigenvalue weighted by atomic mass is 32.2. The van der Waals surface area contributed by atoms with Crippen molar-refractivity contribution in [1.82, 2.24) is 4.98 Å². The van der Waals surface area contributed by atoms with E-state index in [2.05, 4.69) is 157 Å². The summed E-state index contributed by atoms with van der Waals surface area (Å²) < 4.78 is 0. The summed E-state index contributed by atoms with van der Waals surface area (Å²) in [7, 11) is 0. The predicted molar refractivity (Wildman–Crippen MR) is 187 cm³/mol. The van der Waals surface area contributed by atoms with Crippen molar-refractivity contribution >= 4 is 23.5 Å². The van der Waals surface area contributed by atoms with Crippen molar-refractivity contribution in [2.75, 3.05) is 0 Å². The van der Waals surface area contributed by atoms with Crippen LogP contribution in [-0.4, -0.2) is 4.98 Å². The van der Waals surface area contributed by atoms with E-state index >= 15 is 0 Å².